The first kappa shape index (κ1) is 32.8. The number of rotatable bonds is 8. The van der Waals surface area contributed by atoms with Gasteiger partial charge in [0.15, 0.2) is 0 Å². The van der Waals surface area contributed by atoms with Gasteiger partial charge in [0.25, 0.3) is 0 Å². The van der Waals surface area contributed by atoms with Gasteiger partial charge in [-0.2, -0.15) is 4.31 Å². The molecule has 0 spiro atoms. The molecule has 2 saturated heterocycles. The number of likely N-dealkylation sites (N-methyl/N-ethyl adjacent to an activating group) is 1. The number of primary amides is 1. The quantitative estimate of drug-likeness (QED) is 0.451. The molecule has 45 heavy (non-hydrogen) atoms. The Balaban J connectivity index is 1.27. The Morgan fingerprint density at radius 1 is 1.02 bits per heavy atom. The Morgan fingerprint density at radius 2 is 1.67 bits per heavy atom. The zero-order chi connectivity index (χ0) is 32.7. The maximum atomic E-state index is 15.3. The third kappa shape index (κ3) is 7.15. The highest BCUT2D eigenvalue weighted by molar-refractivity contribution is 7.89. The van der Waals surface area contributed by atoms with Gasteiger partial charge in [-0.1, -0.05) is 24.3 Å². The second-order valence-electron chi connectivity index (χ2n) is 13.3. The summed E-state index contributed by atoms with van der Waals surface area (Å²) in [5, 5.41) is 2.67. The number of benzene rings is 2. The van der Waals surface area contributed by atoms with E-state index in [0.29, 0.717) is 43.7 Å². The van der Waals surface area contributed by atoms with Crippen molar-refractivity contribution in [2.75, 3.05) is 33.2 Å². The van der Waals surface area contributed by atoms with Crippen LogP contribution in [0.2, 0.25) is 0 Å². The molecule has 2 bridgehead atoms. The van der Waals surface area contributed by atoms with Crippen molar-refractivity contribution in [2.45, 2.75) is 75.1 Å². The van der Waals surface area contributed by atoms with Crippen LogP contribution in [0, 0.1) is 11.7 Å². The topological polar surface area (TPSA) is 142 Å². The minimum absolute atomic E-state index is 0.0602. The zero-order valence-electron chi connectivity index (χ0n) is 26.2. The molecule has 244 valence electrons. The highest BCUT2D eigenvalue weighted by Crippen LogP contribution is 2.43. The van der Waals surface area contributed by atoms with Crippen molar-refractivity contribution in [2.24, 2.45) is 11.7 Å². The Bertz CT molecular complexity index is 1550. The molecule has 0 radical (unpaired) electrons. The minimum atomic E-state index is -3.63. The van der Waals surface area contributed by atoms with Gasteiger partial charge in [0.1, 0.15) is 23.5 Å². The number of halogens is 1. The molecule has 5 rings (SSSR count). The normalized spacial score (nSPS) is 23.1. The lowest BCUT2D eigenvalue weighted by Crippen LogP contribution is -2.57. The molecule has 2 heterocycles. The molecule has 3 aliphatic rings. The van der Waals surface area contributed by atoms with E-state index in [1.165, 1.54) is 33.5 Å². The van der Waals surface area contributed by atoms with Crippen molar-refractivity contribution in [1.82, 2.24) is 19.4 Å². The molecule has 2 aromatic rings. The molecule has 0 aromatic heterocycles. The Hall–Kier alpha value is -3.55. The number of carbonyl (C=O) groups excluding carboxylic acids is 3. The van der Waals surface area contributed by atoms with Gasteiger partial charge in [-0.15, -0.1) is 0 Å². The number of likely N-dealkylation sites (tertiary alicyclic amines) is 1. The molecule has 1 aliphatic carbocycles. The fourth-order valence-corrected chi connectivity index (χ4v) is 7.91. The average Bonchev–Trinajstić information content (AvgIpc) is 3.59. The first-order chi connectivity index (χ1) is 21.1. The second kappa shape index (κ2) is 12.7. The molecule has 4 unspecified atom stereocenters. The summed E-state index contributed by atoms with van der Waals surface area (Å²) in [5.74, 6) is -2.00. The van der Waals surface area contributed by atoms with E-state index in [2.05, 4.69) is 10.2 Å². The number of nitrogens with zero attached hydrogens (tertiary/aromatic N) is 3. The van der Waals surface area contributed by atoms with Gasteiger partial charge in [0, 0.05) is 38.6 Å². The molecule has 3 fully saturated rings. The van der Waals surface area contributed by atoms with Crippen molar-refractivity contribution in [3.63, 3.8) is 0 Å². The van der Waals surface area contributed by atoms with Crippen molar-refractivity contribution in [3.8, 4) is 11.1 Å². The molecular weight excluding hydrogens is 601 g/mol. The van der Waals surface area contributed by atoms with Gasteiger partial charge in [0.05, 0.1) is 4.90 Å². The van der Waals surface area contributed by atoms with E-state index < -0.39 is 51.4 Å². The smallest absolute Gasteiger partial charge is 0.411 e. The summed E-state index contributed by atoms with van der Waals surface area (Å²) in [6.45, 7) is 7.43. The summed E-state index contributed by atoms with van der Waals surface area (Å²) in [4.78, 5) is 42.5. The van der Waals surface area contributed by atoms with E-state index in [1.54, 1.807) is 39.0 Å². The maximum Gasteiger partial charge on any atom is 0.411 e. The first-order valence-corrected chi connectivity index (χ1v) is 16.8. The number of sulfonamides is 1. The second-order valence-corrected chi connectivity index (χ2v) is 15.2. The summed E-state index contributed by atoms with van der Waals surface area (Å²) in [5.41, 5.74) is 6.22. The van der Waals surface area contributed by atoms with E-state index in [1.807, 2.05) is 7.05 Å². The van der Waals surface area contributed by atoms with Gasteiger partial charge >= 0.3 is 6.09 Å². The van der Waals surface area contributed by atoms with Crippen molar-refractivity contribution in [1.29, 1.82) is 0 Å². The highest BCUT2D eigenvalue weighted by atomic mass is 32.2. The number of nitrogens with two attached hydrogens (primary N) is 1. The number of hydrogen-bond acceptors (Lipinski definition) is 7. The number of piperazine rings is 1. The lowest BCUT2D eigenvalue weighted by atomic mass is 9.96. The summed E-state index contributed by atoms with van der Waals surface area (Å²) in [6, 6.07) is 8.69. The van der Waals surface area contributed by atoms with E-state index in [-0.39, 0.29) is 28.8 Å². The third-order valence-electron chi connectivity index (χ3n) is 8.88. The largest absolute Gasteiger partial charge is 0.444 e. The number of nitrogens with one attached hydrogen (secondary N) is 1. The predicted octanol–water partition coefficient (Wildman–Crippen LogP) is 2.73. The van der Waals surface area contributed by atoms with Crippen LogP contribution in [-0.2, 0) is 30.8 Å². The lowest BCUT2D eigenvalue weighted by molar-refractivity contribution is -0.132. The molecule has 13 heteroatoms. The van der Waals surface area contributed by atoms with E-state index in [9.17, 15) is 22.8 Å². The summed E-state index contributed by atoms with van der Waals surface area (Å²) >= 11 is 0. The SMILES string of the molecule is CN1CCN(S(=O)(=O)c2ccc(-c3ccc(CC(NC(=O)C4C5CCC(C5)N4C(=O)OC(C)(C)C)C(N)=O)c(F)c3)cc2)CC1. The lowest BCUT2D eigenvalue weighted by Gasteiger charge is -2.36. The Labute approximate surface area is 263 Å². The van der Waals surface area contributed by atoms with Crippen LogP contribution in [0.3, 0.4) is 0 Å². The van der Waals surface area contributed by atoms with Crippen molar-refractivity contribution in [3.05, 3.63) is 53.8 Å². The number of piperidine rings is 1. The van der Waals surface area contributed by atoms with Crippen molar-refractivity contribution < 1.29 is 31.9 Å². The zero-order valence-corrected chi connectivity index (χ0v) is 27.0. The number of carbonyl (C=O) groups is 3. The van der Waals surface area contributed by atoms with Crippen LogP contribution < -0.4 is 11.1 Å². The van der Waals surface area contributed by atoms with E-state index >= 15 is 4.39 Å². The van der Waals surface area contributed by atoms with Gasteiger partial charge in [-0.25, -0.2) is 17.6 Å². The predicted molar refractivity (Wildman–Crippen MR) is 166 cm³/mol. The Morgan fingerprint density at radius 3 is 2.27 bits per heavy atom. The number of fused-ring (bicyclic) bond motifs is 2. The molecule has 2 aromatic carbocycles. The highest BCUT2D eigenvalue weighted by Gasteiger charge is 2.52. The Kier molecular flexibility index (Phi) is 9.25. The van der Waals surface area contributed by atoms with Crippen LogP contribution in [0.15, 0.2) is 47.4 Å². The number of amides is 3. The average molecular weight is 644 g/mol. The standard InChI is InChI=1S/C32H42FN5O6S/c1-32(2,3)44-31(41)38-24-10-7-23(17-24)28(38)30(40)35-27(29(34)39)19-22-6-5-21(18-26(22)33)20-8-11-25(12-9-20)45(42,43)37-15-13-36(4)14-16-37/h5-6,8-9,11-12,18,23-24,27-28H,7,10,13-17,19H2,1-4H3,(H2,34,39)(H,35,40). The number of hydrogen-bond donors (Lipinski definition) is 2. The molecule has 11 nitrogen and oxygen atoms in total. The molecule has 3 N–H and O–H groups in total. The summed E-state index contributed by atoms with van der Waals surface area (Å²) in [7, 11) is -1.68. The molecule has 3 amide bonds. The molecular formula is C32H42FN5O6S. The number of ether oxygens (including phenoxy) is 1. The van der Waals surface area contributed by atoms with Gasteiger partial charge < -0.3 is 20.7 Å². The van der Waals surface area contributed by atoms with E-state index in [4.69, 9.17) is 10.5 Å². The molecule has 2 aliphatic heterocycles. The summed E-state index contributed by atoms with van der Waals surface area (Å²) < 4.78 is 48.5. The minimum Gasteiger partial charge on any atom is -0.444 e. The van der Waals surface area contributed by atoms with Crippen LogP contribution in [0.5, 0.6) is 0 Å². The van der Waals surface area contributed by atoms with Crippen molar-refractivity contribution >= 4 is 27.9 Å². The van der Waals surface area contributed by atoms with Gasteiger partial charge in [0.2, 0.25) is 21.8 Å². The molecule has 1 saturated carbocycles. The van der Waals surface area contributed by atoms with Crippen LogP contribution in [0.25, 0.3) is 11.1 Å². The van der Waals surface area contributed by atoms with Gasteiger partial charge in [-0.3, -0.25) is 14.5 Å². The maximum absolute atomic E-state index is 15.3. The monoisotopic (exact) mass is 643 g/mol. The van der Waals surface area contributed by atoms with Gasteiger partial charge in [-0.05, 0) is 87.9 Å². The fourth-order valence-electron chi connectivity index (χ4n) is 6.49. The van der Waals surface area contributed by atoms with Crippen LogP contribution in [0.4, 0.5) is 9.18 Å². The van der Waals surface area contributed by atoms with Crippen LogP contribution in [0.1, 0.15) is 45.6 Å². The first-order valence-electron chi connectivity index (χ1n) is 15.3. The fraction of sp³-hybridized carbons (Fsp3) is 0.531. The van der Waals surface area contributed by atoms with Crippen LogP contribution in [-0.4, -0.2) is 97.4 Å². The third-order valence-corrected chi connectivity index (χ3v) is 10.8. The molecule has 4 atom stereocenters. The van der Waals surface area contributed by atoms with E-state index in [0.717, 1.165) is 12.8 Å². The van der Waals surface area contributed by atoms with Crippen LogP contribution >= 0.6 is 0 Å². The summed E-state index contributed by atoms with van der Waals surface area (Å²) in [6.07, 6.45) is 1.48.